The van der Waals surface area contributed by atoms with Gasteiger partial charge >= 0.3 is 0 Å². The number of nitrogens with zero attached hydrogens (tertiary/aromatic N) is 1. The van der Waals surface area contributed by atoms with Crippen molar-refractivity contribution in [3.63, 3.8) is 0 Å². The Bertz CT molecular complexity index is 3620. The summed E-state index contributed by atoms with van der Waals surface area (Å²) in [5, 5.41) is 10.2. The number of hydrogen-bond donors (Lipinski definition) is 0. The van der Waals surface area contributed by atoms with E-state index in [1.807, 2.05) is 11.3 Å². The van der Waals surface area contributed by atoms with E-state index in [1.54, 1.807) is 0 Å². The van der Waals surface area contributed by atoms with E-state index in [0.29, 0.717) is 0 Å². The van der Waals surface area contributed by atoms with Crippen molar-refractivity contribution in [3.8, 4) is 44.5 Å². The van der Waals surface area contributed by atoms with E-state index in [4.69, 9.17) is 0 Å². The first-order chi connectivity index (χ1) is 30.7. The minimum Gasteiger partial charge on any atom is -0.310 e. The van der Waals surface area contributed by atoms with E-state index in [0.717, 1.165) is 17.1 Å². The van der Waals surface area contributed by atoms with Crippen molar-refractivity contribution in [2.45, 2.75) is 0 Å². The molecule has 0 saturated carbocycles. The Hall–Kier alpha value is -7.78. The summed E-state index contributed by atoms with van der Waals surface area (Å²) >= 11 is 1.86. The van der Waals surface area contributed by atoms with Gasteiger partial charge in [0.2, 0.25) is 0 Å². The second-order valence-corrected chi connectivity index (χ2v) is 17.2. The normalized spacial score (nSPS) is 11.5. The first-order valence-corrected chi connectivity index (χ1v) is 22.0. The van der Waals surface area contributed by atoms with Crippen molar-refractivity contribution >= 4 is 80.9 Å². The van der Waals surface area contributed by atoms with Crippen LogP contribution < -0.4 is 4.90 Å². The highest BCUT2D eigenvalue weighted by molar-refractivity contribution is 7.25. The number of rotatable bonds is 7. The highest BCUT2D eigenvalue weighted by atomic mass is 32.1. The zero-order valence-corrected chi connectivity index (χ0v) is 34.7. The smallest absolute Gasteiger partial charge is 0.0546 e. The maximum absolute atomic E-state index is 2.43. The van der Waals surface area contributed by atoms with Crippen LogP contribution in [0.4, 0.5) is 17.1 Å². The van der Waals surface area contributed by atoms with Gasteiger partial charge in [-0.2, -0.15) is 0 Å². The second-order valence-electron chi connectivity index (χ2n) is 16.1. The van der Waals surface area contributed by atoms with Gasteiger partial charge in [0.05, 0.1) is 5.69 Å². The fourth-order valence-electron chi connectivity index (χ4n) is 9.26. The minimum atomic E-state index is 1.09. The molecule has 12 rings (SSSR count). The molecule has 62 heavy (non-hydrogen) atoms. The molecule has 0 fully saturated rings. The Morgan fingerprint density at radius 2 is 0.758 bits per heavy atom. The van der Waals surface area contributed by atoms with Gasteiger partial charge in [-0.1, -0.05) is 176 Å². The van der Waals surface area contributed by atoms with Gasteiger partial charge in [0.25, 0.3) is 0 Å². The van der Waals surface area contributed by atoms with Crippen LogP contribution in [0.15, 0.2) is 237 Å². The molecule has 1 heterocycles. The van der Waals surface area contributed by atoms with Crippen LogP contribution in [0, 0.1) is 0 Å². The van der Waals surface area contributed by atoms with Gasteiger partial charge in [0, 0.05) is 37.1 Å². The molecule has 0 N–H and O–H groups in total. The van der Waals surface area contributed by atoms with Crippen LogP contribution in [-0.2, 0) is 0 Å². The Balaban J connectivity index is 1.00. The number of hydrogen-bond acceptors (Lipinski definition) is 2. The molecule has 0 atom stereocenters. The summed E-state index contributed by atoms with van der Waals surface area (Å²) < 4.78 is 2.64. The maximum Gasteiger partial charge on any atom is 0.0546 e. The van der Waals surface area contributed by atoms with Gasteiger partial charge < -0.3 is 4.90 Å². The molecule has 0 radical (unpaired) electrons. The molecule has 0 saturated heterocycles. The van der Waals surface area contributed by atoms with Gasteiger partial charge in [-0.25, -0.2) is 0 Å². The summed E-state index contributed by atoms with van der Waals surface area (Å²) in [5.41, 5.74) is 12.8. The zero-order chi connectivity index (χ0) is 41.0. The first kappa shape index (κ1) is 36.1. The van der Waals surface area contributed by atoms with Crippen molar-refractivity contribution < 1.29 is 0 Å². The average Bonchev–Trinajstić information content (AvgIpc) is 3.72. The monoisotopic (exact) mass is 805 g/mol. The third-order valence-corrected chi connectivity index (χ3v) is 13.6. The van der Waals surface area contributed by atoms with Crippen LogP contribution in [0.5, 0.6) is 0 Å². The quantitative estimate of drug-likeness (QED) is 0.145. The van der Waals surface area contributed by atoms with Crippen LogP contribution in [0.3, 0.4) is 0 Å². The highest BCUT2D eigenvalue weighted by Crippen LogP contribution is 2.45. The van der Waals surface area contributed by atoms with E-state index >= 15 is 0 Å². The zero-order valence-electron chi connectivity index (χ0n) is 33.9. The molecule has 1 nitrogen and oxygen atoms in total. The first-order valence-electron chi connectivity index (χ1n) is 21.2. The van der Waals surface area contributed by atoms with E-state index < -0.39 is 0 Å². The van der Waals surface area contributed by atoms with Crippen LogP contribution in [0.25, 0.3) is 97.0 Å². The molecule has 0 bridgehead atoms. The third-order valence-electron chi connectivity index (χ3n) is 12.4. The summed E-state index contributed by atoms with van der Waals surface area (Å²) in [6.07, 6.45) is 0. The molecule has 1 aromatic heterocycles. The SMILES string of the molecule is c1ccc(-c2ccc(-c3ccc4ccccc4c3)cc2N(c2ccc(-c3ccc4c(ccc5ccccc54)c3)cc2)c2ccc(-c3ccc4sc5ccccc5c4c3)cc2)cc1. The highest BCUT2D eigenvalue weighted by Gasteiger charge is 2.20. The van der Waals surface area contributed by atoms with E-state index in [2.05, 4.69) is 241 Å². The molecule has 12 aromatic rings. The summed E-state index contributed by atoms with van der Waals surface area (Å²) in [6, 6.07) is 86.9. The van der Waals surface area contributed by atoms with Crippen LogP contribution in [0.2, 0.25) is 0 Å². The second kappa shape index (κ2) is 15.0. The fourth-order valence-corrected chi connectivity index (χ4v) is 10.3. The number of anilines is 3. The minimum absolute atomic E-state index is 1.09. The summed E-state index contributed by atoms with van der Waals surface area (Å²) in [4.78, 5) is 2.43. The fraction of sp³-hybridized carbons (Fsp3) is 0. The molecule has 0 unspecified atom stereocenters. The van der Waals surface area contributed by atoms with Crippen molar-refractivity contribution in [2.75, 3.05) is 4.90 Å². The summed E-state index contributed by atoms with van der Waals surface area (Å²) in [6.45, 7) is 0. The number of thiophene rings is 1. The lowest BCUT2D eigenvalue weighted by Gasteiger charge is -2.29. The standard InChI is InChI=1S/C60H39NS/c1-2-11-43(12-3-1)55-34-27-49(47-20-18-40-10-4-5-14-45(40)36-47)39-58(55)61(52-31-24-42(25-32-52)48-28-35-60-57(38-48)56-16-8-9-17-59(56)62-60)51-29-22-41(23-30-51)46-26-33-54-50(37-46)21-19-44-13-6-7-15-53(44)54/h1-39H. The molecule has 0 aliphatic carbocycles. The Labute approximate surface area is 365 Å². The van der Waals surface area contributed by atoms with Gasteiger partial charge in [0.15, 0.2) is 0 Å². The molecular weight excluding hydrogens is 767 g/mol. The van der Waals surface area contributed by atoms with Crippen molar-refractivity contribution in [3.05, 3.63) is 237 Å². The van der Waals surface area contributed by atoms with Crippen molar-refractivity contribution in [1.29, 1.82) is 0 Å². The van der Waals surface area contributed by atoms with Crippen LogP contribution in [-0.4, -0.2) is 0 Å². The lowest BCUT2D eigenvalue weighted by atomic mass is 9.95. The van der Waals surface area contributed by atoms with Gasteiger partial charge in [-0.3, -0.25) is 0 Å². The third kappa shape index (κ3) is 6.41. The Morgan fingerprint density at radius 1 is 0.258 bits per heavy atom. The average molecular weight is 806 g/mol. The molecule has 11 aromatic carbocycles. The number of benzene rings is 11. The predicted octanol–water partition coefficient (Wildman–Crippen LogP) is 17.7. The molecule has 0 aliphatic heterocycles. The van der Waals surface area contributed by atoms with E-state index in [9.17, 15) is 0 Å². The molecule has 2 heteroatoms. The largest absolute Gasteiger partial charge is 0.310 e. The van der Waals surface area contributed by atoms with Gasteiger partial charge in [0.1, 0.15) is 0 Å². The molecule has 0 spiro atoms. The van der Waals surface area contributed by atoms with Crippen molar-refractivity contribution in [1.82, 2.24) is 0 Å². The lowest BCUT2D eigenvalue weighted by Crippen LogP contribution is -2.11. The Morgan fingerprint density at radius 3 is 1.55 bits per heavy atom. The number of fused-ring (bicyclic) bond motifs is 7. The Kier molecular flexibility index (Phi) is 8.76. The van der Waals surface area contributed by atoms with Crippen molar-refractivity contribution in [2.24, 2.45) is 0 Å². The summed E-state index contributed by atoms with van der Waals surface area (Å²) in [5.74, 6) is 0. The lowest BCUT2D eigenvalue weighted by molar-refractivity contribution is 1.28. The van der Waals surface area contributed by atoms with Gasteiger partial charge in [-0.05, 0) is 132 Å². The van der Waals surface area contributed by atoms with Gasteiger partial charge in [-0.15, -0.1) is 11.3 Å². The van der Waals surface area contributed by atoms with Crippen LogP contribution >= 0.6 is 11.3 Å². The molecule has 0 aliphatic rings. The summed E-state index contributed by atoms with van der Waals surface area (Å²) in [7, 11) is 0. The molecule has 0 amide bonds. The van der Waals surface area contributed by atoms with Crippen LogP contribution in [0.1, 0.15) is 0 Å². The maximum atomic E-state index is 2.43. The molecule has 290 valence electrons. The van der Waals surface area contributed by atoms with E-state index in [1.165, 1.54) is 97.0 Å². The molecular formula is C60H39NS. The van der Waals surface area contributed by atoms with E-state index in [-0.39, 0.29) is 0 Å². The predicted molar refractivity (Wildman–Crippen MR) is 268 cm³/mol. The topological polar surface area (TPSA) is 3.24 Å².